The third-order valence-electron chi connectivity index (χ3n) is 1.93. The fourth-order valence-corrected chi connectivity index (χ4v) is 2.30. The van der Waals surface area contributed by atoms with Gasteiger partial charge in [-0.05, 0) is 42.6 Å². The van der Waals surface area contributed by atoms with E-state index in [1.807, 2.05) is 24.1 Å². The van der Waals surface area contributed by atoms with Gasteiger partial charge in [-0.3, -0.25) is 0 Å². The van der Waals surface area contributed by atoms with Crippen LogP contribution in [0.25, 0.3) is 0 Å². The Bertz CT molecular complexity index is 252. The number of benzene rings is 1. The molecule has 1 fully saturated rings. The maximum atomic E-state index is 5.60. The Morgan fingerprint density at radius 2 is 2.00 bits per heavy atom. The quantitative estimate of drug-likeness (QED) is 0.530. The molecule has 1 heterocycles. The van der Waals surface area contributed by atoms with E-state index in [4.69, 9.17) is 5.73 Å². The van der Waals surface area contributed by atoms with Crippen LogP contribution in [0, 0.1) is 0 Å². The Labute approximate surface area is 76.9 Å². The van der Waals surface area contributed by atoms with Crippen LogP contribution in [0.1, 0.15) is 6.42 Å². The Morgan fingerprint density at radius 3 is 2.58 bits per heavy atom. The van der Waals surface area contributed by atoms with Crippen LogP contribution in [0.2, 0.25) is 0 Å². The predicted octanol–water partition coefficient (Wildman–Crippen LogP) is 2.13. The second kappa shape index (κ2) is 3.27. The number of nitrogens with zero attached hydrogens (tertiary/aromatic N) is 1. The van der Waals surface area contributed by atoms with Crippen molar-refractivity contribution in [2.45, 2.75) is 6.42 Å². The zero-order valence-corrected chi connectivity index (χ0v) is 7.68. The maximum Gasteiger partial charge on any atom is 0.0471 e. The summed E-state index contributed by atoms with van der Waals surface area (Å²) >= 11 is 1.89. The SMILES string of the molecule is Nc1ccc(N2CCCS2)cc1. The monoisotopic (exact) mass is 180 g/mol. The second-order valence-electron chi connectivity index (χ2n) is 2.88. The topological polar surface area (TPSA) is 29.3 Å². The summed E-state index contributed by atoms with van der Waals surface area (Å²) in [6.07, 6.45) is 1.29. The minimum Gasteiger partial charge on any atom is -0.399 e. The highest BCUT2D eigenvalue weighted by Gasteiger charge is 2.12. The van der Waals surface area contributed by atoms with Gasteiger partial charge in [0.25, 0.3) is 0 Å². The minimum absolute atomic E-state index is 0.836. The third-order valence-corrected chi connectivity index (χ3v) is 3.11. The van der Waals surface area contributed by atoms with E-state index in [-0.39, 0.29) is 0 Å². The number of nitrogen functional groups attached to an aromatic ring is 1. The van der Waals surface area contributed by atoms with Crippen molar-refractivity contribution in [3.8, 4) is 0 Å². The molecule has 0 aliphatic carbocycles. The minimum atomic E-state index is 0.836. The smallest absolute Gasteiger partial charge is 0.0471 e. The lowest BCUT2D eigenvalue weighted by molar-refractivity contribution is 0.989. The summed E-state index contributed by atoms with van der Waals surface area (Å²) in [4.78, 5) is 0. The van der Waals surface area contributed by atoms with Gasteiger partial charge in [0.2, 0.25) is 0 Å². The first kappa shape index (κ1) is 7.80. The van der Waals surface area contributed by atoms with Crippen LogP contribution in [-0.4, -0.2) is 12.3 Å². The molecule has 0 atom stereocenters. The summed E-state index contributed by atoms with van der Waals surface area (Å²) in [5.74, 6) is 1.24. The van der Waals surface area contributed by atoms with Gasteiger partial charge in [-0.2, -0.15) is 0 Å². The number of hydrogen-bond donors (Lipinski definition) is 1. The molecule has 1 aromatic carbocycles. The van der Waals surface area contributed by atoms with E-state index in [9.17, 15) is 0 Å². The highest BCUT2D eigenvalue weighted by atomic mass is 32.2. The molecule has 1 aromatic rings. The van der Waals surface area contributed by atoms with Gasteiger partial charge >= 0.3 is 0 Å². The van der Waals surface area contributed by atoms with Crippen molar-refractivity contribution in [3.63, 3.8) is 0 Å². The lowest BCUT2D eigenvalue weighted by atomic mass is 10.3. The van der Waals surface area contributed by atoms with Crippen molar-refractivity contribution in [2.75, 3.05) is 22.3 Å². The van der Waals surface area contributed by atoms with Gasteiger partial charge in [-0.25, -0.2) is 0 Å². The molecule has 0 radical (unpaired) electrons. The highest BCUT2D eigenvalue weighted by Crippen LogP contribution is 2.28. The summed E-state index contributed by atoms with van der Waals surface area (Å²) < 4.78 is 2.32. The van der Waals surface area contributed by atoms with Crippen LogP contribution in [0.3, 0.4) is 0 Å². The predicted molar refractivity (Wildman–Crippen MR) is 55.3 cm³/mol. The molecule has 0 saturated carbocycles. The summed E-state index contributed by atoms with van der Waals surface area (Å²) in [6, 6.07) is 8.06. The Balaban J connectivity index is 2.17. The maximum absolute atomic E-state index is 5.60. The molecule has 0 unspecified atom stereocenters. The van der Waals surface area contributed by atoms with E-state index < -0.39 is 0 Å². The molecule has 2 N–H and O–H groups in total. The van der Waals surface area contributed by atoms with E-state index >= 15 is 0 Å². The summed E-state index contributed by atoms with van der Waals surface area (Å²) in [5.41, 5.74) is 7.71. The second-order valence-corrected chi connectivity index (χ2v) is 3.99. The number of anilines is 2. The first-order valence-electron chi connectivity index (χ1n) is 4.12. The molecule has 1 saturated heterocycles. The molecular weight excluding hydrogens is 168 g/mol. The zero-order valence-electron chi connectivity index (χ0n) is 6.86. The first-order valence-corrected chi connectivity index (χ1v) is 5.06. The summed E-state index contributed by atoms with van der Waals surface area (Å²) in [6.45, 7) is 1.16. The van der Waals surface area contributed by atoms with E-state index in [1.54, 1.807) is 0 Å². The number of nitrogens with two attached hydrogens (primary N) is 1. The molecular formula is C9H12N2S. The highest BCUT2D eigenvalue weighted by molar-refractivity contribution is 8.00. The fraction of sp³-hybridized carbons (Fsp3) is 0.333. The van der Waals surface area contributed by atoms with Gasteiger partial charge in [0.05, 0.1) is 0 Å². The number of rotatable bonds is 1. The normalized spacial score (nSPS) is 16.8. The van der Waals surface area contributed by atoms with E-state index in [2.05, 4.69) is 16.4 Å². The van der Waals surface area contributed by atoms with Crippen molar-refractivity contribution < 1.29 is 0 Å². The van der Waals surface area contributed by atoms with E-state index in [0.717, 1.165) is 12.2 Å². The molecule has 12 heavy (non-hydrogen) atoms. The zero-order chi connectivity index (χ0) is 8.39. The molecule has 0 aromatic heterocycles. The average Bonchev–Trinajstić information content (AvgIpc) is 2.58. The molecule has 2 nitrogen and oxygen atoms in total. The molecule has 0 spiro atoms. The van der Waals surface area contributed by atoms with Crippen LogP contribution in [0.5, 0.6) is 0 Å². The van der Waals surface area contributed by atoms with Crippen LogP contribution in [0.15, 0.2) is 24.3 Å². The fourth-order valence-electron chi connectivity index (χ4n) is 1.29. The standard InChI is InChI=1S/C9H12N2S/c10-8-2-4-9(5-3-8)11-6-1-7-12-11/h2-5H,1,6-7,10H2. The van der Waals surface area contributed by atoms with Crippen molar-refractivity contribution in [1.29, 1.82) is 0 Å². The number of hydrogen-bond acceptors (Lipinski definition) is 3. The third kappa shape index (κ3) is 1.50. The lowest BCUT2D eigenvalue weighted by Gasteiger charge is -2.15. The summed E-state index contributed by atoms with van der Waals surface area (Å²) in [7, 11) is 0. The molecule has 1 aliphatic heterocycles. The van der Waals surface area contributed by atoms with Gasteiger partial charge < -0.3 is 10.0 Å². The molecule has 0 bridgehead atoms. The first-order chi connectivity index (χ1) is 5.86. The lowest BCUT2D eigenvalue weighted by Crippen LogP contribution is -2.08. The summed E-state index contributed by atoms with van der Waals surface area (Å²) in [5, 5.41) is 0. The van der Waals surface area contributed by atoms with Crippen molar-refractivity contribution in [2.24, 2.45) is 0 Å². The molecule has 2 rings (SSSR count). The van der Waals surface area contributed by atoms with Gasteiger partial charge in [-0.15, -0.1) is 0 Å². The molecule has 3 heteroatoms. The van der Waals surface area contributed by atoms with Gasteiger partial charge in [0.15, 0.2) is 0 Å². The van der Waals surface area contributed by atoms with Gasteiger partial charge in [0.1, 0.15) is 0 Å². The van der Waals surface area contributed by atoms with Crippen LogP contribution in [0.4, 0.5) is 11.4 Å². The van der Waals surface area contributed by atoms with E-state index in [0.29, 0.717) is 0 Å². The van der Waals surface area contributed by atoms with E-state index in [1.165, 1.54) is 17.9 Å². The largest absolute Gasteiger partial charge is 0.399 e. The molecule has 0 amide bonds. The Hall–Kier alpha value is -0.830. The van der Waals surface area contributed by atoms with Gasteiger partial charge in [-0.1, -0.05) is 0 Å². The van der Waals surface area contributed by atoms with Crippen LogP contribution < -0.4 is 10.0 Å². The van der Waals surface area contributed by atoms with Crippen molar-refractivity contribution in [1.82, 2.24) is 0 Å². The molecule has 1 aliphatic rings. The van der Waals surface area contributed by atoms with Crippen molar-refractivity contribution in [3.05, 3.63) is 24.3 Å². The van der Waals surface area contributed by atoms with Gasteiger partial charge in [0, 0.05) is 23.7 Å². The molecule has 64 valence electrons. The van der Waals surface area contributed by atoms with Crippen LogP contribution in [-0.2, 0) is 0 Å². The van der Waals surface area contributed by atoms with Crippen LogP contribution >= 0.6 is 11.9 Å². The average molecular weight is 180 g/mol. The van der Waals surface area contributed by atoms with Crippen molar-refractivity contribution >= 4 is 23.3 Å². The Kier molecular flexibility index (Phi) is 2.13. The Morgan fingerprint density at radius 1 is 1.25 bits per heavy atom.